The van der Waals surface area contributed by atoms with Crippen LogP contribution in [0.15, 0.2) is 110 Å². The van der Waals surface area contributed by atoms with E-state index in [2.05, 4.69) is 121 Å². The van der Waals surface area contributed by atoms with Gasteiger partial charge in [-0.2, -0.15) is 0 Å². The van der Waals surface area contributed by atoms with Gasteiger partial charge in [-0.3, -0.25) is 0 Å². The minimum absolute atomic E-state index is 1.14. The van der Waals surface area contributed by atoms with Gasteiger partial charge < -0.3 is 4.57 Å². The van der Waals surface area contributed by atoms with Crippen molar-refractivity contribution in [1.29, 1.82) is 0 Å². The first-order valence-electron chi connectivity index (χ1n) is 11.0. The van der Waals surface area contributed by atoms with Crippen molar-refractivity contribution >= 4 is 38.5 Å². The van der Waals surface area contributed by atoms with E-state index >= 15 is 0 Å². The predicted octanol–water partition coefficient (Wildman–Crippen LogP) is 8.56. The zero-order chi connectivity index (χ0) is 21.7. The molecule has 1 heterocycles. The van der Waals surface area contributed by atoms with Gasteiger partial charge in [0.25, 0.3) is 0 Å². The lowest BCUT2D eigenvalue weighted by Gasteiger charge is -2.15. The Morgan fingerprint density at radius 3 is 2.22 bits per heavy atom. The Hall–Kier alpha value is -4.10. The Balaban J connectivity index is 1.80. The molecule has 0 N–H and O–H groups in total. The van der Waals surface area contributed by atoms with Crippen LogP contribution in [0.25, 0.3) is 55.5 Å². The number of nitrogens with zero attached hydrogens (tertiary/aromatic N) is 1. The summed E-state index contributed by atoms with van der Waals surface area (Å²) >= 11 is 0. The molecule has 6 aromatic rings. The third-order valence-corrected chi connectivity index (χ3v) is 6.53. The molecule has 0 amide bonds. The normalized spacial score (nSPS) is 11.4. The van der Waals surface area contributed by atoms with Crippen molar-refractivity contribution in [2.24, 2.45) is 0 Å². The van der Waals surface area contributed by atoms with Crippen LogP contribution in [0.3, 0.4) is 0 Å². The number of hydrogen-bond acceptors (Lipinski definition) is 0. The van der Waals surface area contributed by atoms with Crippen LogP contribution in [0.1, 0.15) is 11.1 Å². The molecule has 1 heteroatoms. The first-order chi connectivity index (χ1) is 15.8. The second-order valence-corrected chi connectivity index (χ2v) is 8.31. The maximum atomic E-state index is 4.08. The van der Waals surface area contributed by atoms with Crippen LogP contribution in [0.2, 0.25) is 0 Å². The van der Waals surface area contributed by atoms with Gasteiger partial charge in [0.05, 0.1) is 11.2 Å². The Morgan fingerprint density at radius 1 is 0.688 bits per heavy atom. The van der Waals surface area contributed by atoms with E-state index in [4.69, 9.17) is 0 Å². The molecule has 0 bridgehead atoms. The van der Waals surface area contributed by atoms with E-state index in [0.29, 0.717) is 0 Å². The molecular weight excluding hydrogens is 386 g/mol. The summed E-state index contributed by atoms with van der Waals surface area (Å²) in [5, 5.41) is 6.36. The Kier molecular flexibility index (Phi) is 4.22. The van der Waals surface area contributed by atoms with Crippen LogP contribution in [0, 0.1) is 6.92 Å². The van der Waals surface area contributed by atoms with Crippen molar-refractivity contribution in [3.63, 3.8) is 0 Å². The SMILES string of the molecule is C=Cc1ccccc1-c1c(C)c2c3ccccc3ccc2n1-c1ccc2ccccc2c1. The minimum Gasteiger partial charge on any atom is -0.309 e. The minimum atomic E-state index is 1.14. The Bertz CT molecular complexity index is 1650. The van der Waals surface area contributed by atoms with Crippen molar-refractivity contribution in [2.45, 2.75) is 6.92 Å². The number of hydrogen-bond donors (Lipinski definition) is 0. The molecule has 1 aromatic heterocycles. The molecule has 0 radical (unpaired) electrons. The fourth-order valence-corrected chi connectivity index (χ4v) is 5.04. The third kappa shape index (κ3) is 2.72. The second-order valence-electron chi connectivity index (χ2n) is 8.31. The fourth-order valence-electron chi connectivity index (χ4n) is 5.04. The van der Waals surface area contributed by atoms with Gasteiger partial charge in [-0.15, -0.1) is 0 Å². The summed E-state index contributed by atoms with van der Waals surface area (Å²) in [7, 11) is 0. The molecule has 32 heavy (non-hydrogen) atoms. The highest BCUT2D eigenvalue weighted by molar-refractivity contribution is 6.12. The van der Waals surface area contributed by atoms with Crippen LogP contribution in [-0.4, -0.2) is 4.57 Å². The molecule has 0 spiro atoms. The van der Waals surface area contributed by atoms with E-state index in [1.54, 1.807) is 0 Å². The highest BCUT2D eigenvalue weighted by Crippen LogP contribution is 2.41. The summed E-state index contributed by atoms with van der Waals surface area (Å²) in [6, 6.07) is 37.0. The van der Waals surface area contributed by atoms with Crippen LogP contribution in [-0.2, 0) is 0 Å². The average Bonchev–Trinajstić information content (AvgIpc) is 3.16. The topological polar surface area (TPSA) is 4.93 Å². The number of rotatable bonds is 3. The molecule has 0 aliphatic heterocycles. The van der Waals surface area contributed by atoms with Gasteiger partial charge in [0.1, 0.15) is 0 Å². The second kappa shape index (κ2) is 7.25. The number of aryl methyl sites for hydroxylation is 1. The lowest BCUT2D eigenvalue weighted by molar-refractivity contribution is 1.13. The van der Waals surface area contributed by atoms with Gasteiger partial charge >= 0.3 is 0 Å². The van der Waals surface area contributed by atoms with E-state index < -0.39 is 0 Å². The fraction of sp³-hybridized carbons (Fsp3) is 0.0323. The van der Waals surface area contributed by atoms with Gasteiger partial charge in [-0.05, 0) is 57.8 Å². The molecule has 0 aliphatic rings. The molecule has 0 saturated heterocycles. The molecule has 0 unspecified atom stereocenters. The van der Waals surface area contributed by atoms with E-state index in [1.807, 2.05) is 6.08 Å². The summed E-state index contributed by atoms with van der Waals surface area (Å²) in [6.07, 6.45) is 1.95. The summed E-state index contributed by atoms with van der Waals surface area (Å²) in [5.74, 6) is 0. The van der Waals surface area contributed by atoms with Gasteiger partial charge in [-0.25, -0.2) is 0 Å². The lowest BCUT2D eigenvalue weighted by atomic mass is 9.99. The van der Waals surface area contributed by atoms with Gasteiger partial charge in [-0.1, -0.05) is 97.6 Å². The smallest absolute Gasteiger partial charge is 0.0576 e. The number of aromatic nitrogens is 1. The maximum absolute atomic E-state index is 4.08. The van der Waals surface area contributed by atoms with Crippen molar-refractivity contribution in [3.8, 4) is 16.9 Å². The molecule has 0 saturated carbocycles. The van der Waals surface area contributed by atoms with E-state index in [1.165, 1.54) is 55.0 Å². The summed E-state index contributed by atoms with van der Waals surface area (Å²) in [5.41, 5.74) is 7.26. The van der Waals surface area contributed by atoms with Crippen LogP contribution in [0.4, 0.5) is 0 Å². The largest absolute Gasteiger partial charge is 0.309 e. The first kappa shape index (κ1) is 18.7. The molecule has 0 aliphatic carbocycles. The van der Waals surface area contributed by atoms with Crippen LogP contribution in [0.5, 0.6) is 0 Å². The lowest BCUT2D eigenvalue weighted by Crippen LogP contribution is -1.99. The standard InChI is InChI=1S/C31H23N/c1-3-22-10-6-9-15-28(22)31-21(2)30-27-14-8-7-12-24(27)17-19-29(30)32(31)26-18-16-23-11-4-5-13-25(23)20-26/h3-20H,1H2,2H3. The quantitative estimate of drug-likeness (QED) is 0.276. The first-order valence-corrected chi connectivity index (χ1v) is 11.0. The van der Waals surface area contributed by atoms with Crippen molar-refractivity contribution in [2.75, 3.05) is 0 Å². The van der Waals surface area contributed by atoms with Crippen molar-refractivity contribution < 1.29 is 0 Å². The summed E-state index contributed by atoms with van der Waals surface area (Å²) < 4.78 is 2.42. The van der Waals surface area contributed by atoms with Crippen LogP contribution < -0.4 is 0 Å². The van der Waals surface area contributed by atoms with Crippen molar-refractivity contribution in [3.05, 3.63) is 121 Å². The highest BCUT2D eigenvalue weighted by atomic mass is 15.0. The van der Waals surface area contributed by atoms with E-state index in [0.717, 1.165) is 5.56 Å². The number of fused-ring (bicyclic) bond motifs is 4. The molecule has 0 fully saturated rings. The van der Waals surface area contributed by atoms with Gasteiger partial charge in [0, 0.05) is 16.6 Å². The summed E-state index contributed by atoms with van der Waals surface area (Å²) in [6.45, 7) is 6.34. The van der Waals surface area contributed by atoms with Gasteiger partial charge in [0.15, 0.2) is 0 Å². The summed E-state index contributed by atoms with van der Waals surface area (Å²) in [4.78, 5) is 0. The molecular formula is C31H23N. The monoisotopic (exact) mass is 409 g/mol. The van der Waals surface area contributed by atoms with E-state index in [-0.39, 0.29) is 0 Å². The number of benzene rings is 5. The van der Waals surface area contributed by atoms with Crippen LogP contribution >= 0.6 is 0 Å². The molecule has 6 rings (SSSR count). The van der Waals surface area contributed by atoms with Crippen molar-refractivity contribution in [1.82, 2.24) is 4.57 Å². The van der Waals surface area contributed by atoms with E-state index in [9.17, 15) is 0 Å². The average molecular weight is 410 g/mol. The zero-order valence-electron chi connectivity index (χ0n) is 18.0. The zero-order valence-corrected chi connectivity index (χ0v) is 18.0. The molecule has 5 aromatic carbocycles. The molecule has 1 nitrogen and oxygen atoms in total. The van der Waals surface area contributed by atoms with Gasteiger partial charge in [0.2, 0.25) is 0 Å². The molecule has 0 atom stereocenters. The predicted molar refractivity (Wildman–Crippen MR) is 139 cm³/mol. The maximum Gasteiger partial charge on any atom is 0.0576 e. The Labute approximate surface area is 187 Å². The molecule has 152 valence electrons. The Morgan fingerprint density at radius 2 is 1.38 bits per heavy atom. The highest BCUT2D eigenvalue weighted by Gasteiger charge is 2.20. The third-order valence-electron chi connectivity index (χ3n) is 6.53.